The van der Waals surface area contributed by atoms with Gasteiger partial charge >= 0.3 is 6.16 Å². The molecule has 0 saturated carbocycles. The summed E-state index contributed by atoms with van der Waals surface area (Å²) in [6.07, 6.45) is 21.2. The maximum absolute atomic E-state index is 10.1. The molecule has 22 heavy (non-hydrogen) atoms. The maximum Gasteiger partial charge on any atom is 0.505 e. The summed E-state index contributed by atoms with van der Waals surface area (Å²) in [7, 11) is 0. The van der Waals surface area contributed by atoms with Gasteiger partial charge in [-0.25, -0.2) is 4.79 Å². The van der Waals surface area contributed by atoms with Crippen LogP contribution in [0.5, 0.6) is 0 Å². The molecule has 1 N–H and O–H groups in total. The minimum absolute atomic E-state index is 0.344. The number of ether oxygens (including phenoxy) is 1. The first kappa shape index (κ1) is 21.0. The second-order valence-electron chi connectivity index (χ2n) is 6.05. The molecule has 3 nitrogen and oxygen atoms in total. The summed E-state index contributed by atoms with van der Waals surface area (Å²) < 4.78 is 4.47. The molecule has 0 amide bonds. The van der Waals surface area contributed by atoms with Gasteiger partial charge in [-0.2, -0.15) is 0 Å². The molecule has 0 aliphatic carbocycles. The Balaban J connectivity index is 3.06. The monoisotopic (exact) mass is 312 g/mol. The highest BCUT2D eigenvalue weighted by molar-refractivity contribution is 5.56. The highest BCUT2D eigenvalue weighted by atomic mass is 16.7. The number of hydrogen-bond donors (Lipinski definition) is 1. The predicted molar refractivity (Wildman–Crippen MR) is 93.4 cm³/mol. The fourth-order valence-corrected chi connectivity index (χ4v) is 2.51. The number of carboxylic acid groups (broad SMARTS) is 1. The van der Waals surface area contributed by atoms with Crippen LogP contribution < -0.4 is 0 Å². The predicted octanol–water partition coefficient (Wildman–Crippen LogP) is 6.72. The molecule has 0 radical (unpaired) electrons. The van der Waals surface area contributed by atoms with E-state index >= 15 is 0 Å². The molecule has 0 bridgehead atoms. The Bertz CT molecular complexity index is 261. The van der Waals surface area contributed by atoms with E-state index in [4.69, 9.17) is 5.11 Å². The number of rotatable bonds is 16. The fourth-order valence-electron chi connectivity index (χ4n) is 2.51. The minimum atomic E-state index is -1.16. The number of unbranched alkanes of at least 4 members (excludes halogenated alkanes) is 12. The largest absolute Gasteiger partial charge is 0.505 e. The van der Waals surface area contributed by atoms with Gasteiger partial charge in [0.1, 0.15) is 0 Å². The lowest BCUT2D eigenvalue weighted by Gasteiger charge is -2.01. The summed E-state index contributed by atoms with van der Waals surface area (Å²) in [6, 6.07) is 0. The Morgan fingerprint density at radius 2 is 1.23 bits per heavy atom. The SMILES string of the molecule is CCCCCCCC/C=C/CCCCCCCCOC(=O)O. The van der Waals surface area contributed by atoms with Gasteiger partial charge in [-0.05, 0) is 32.1 Å². The van der Waals surface area contributed by atoms with Crippen molar-refractivity contribution in [3.63, 3.8) is 0 Å². The van der Waals surface area contributed by atoms with Crippen molar-refractivity contribution in [3.8, 4) is 0 Å². The van der Waals surface area contributed by atoms with Crippen molar-refractivity contribution in [1.82, 2.24) is 0 Å². The Labute approximate surface area is 137 Å². The van der Waals surface area contributed by atoms with E-state index in [1.54, 1.807) is 0 Å². The molecule has 0 heterocycles. The Morgan fingerprint density at radius 1 is 0.773 bits per heavy atom. The molecule has 0 aliphatic heterocycles. The van der Waals surface area contributed by atoms with Gasteiger partial charge in [-0.1, -0.05) is 76.9 Å². The highest BCUT2D eigenvalue weighted by Gasteiger charge is 1.95. The second kappa shape index (κ2) is 18.1. The van der Waals surface area contributed by atoms with Crippen molar-refractivity contribution < 1.29 is 14.6 Å². The first-order valence-electron chi connectivity index (χ1n) is 9.28. The van der Waals surface area contributed by atoms with Gasteiger partial charge in [0.15, 0.2) is 0 Å². The fraction of sp³-hybridized carbons (Fsp3) is 0.842. The van der Waals surface area contributed by atoms with Crippen LogP contribution in [-0.4, -0.2) is 17.9 Å². The van der Waals surface area contributed by atoms with Gasteiger partial charge in [-0.15, -0.1) is 0 Å². The van der Waals surface area contributed by atoms with Crippen molar-refractivity contribution in [2.75, 3.05) is 6.61 Å². The van der Waals surface area contributed by atoms with Crippen LogP contribution in [0.3, 0.4) is 0 Å². The van der Waals surface area contributed by atoms with Crippen molar-refractivity contribution in [3.05, 3.63) is 12.2 Å². The third-order valence-electron chi connectivity index (χ3n) is 3.88. The summed E-state index contributed by atoms with van der Waals surface area (Å²) in [5.74, 6) is 0. The second-order valence-corrected chi connectivity index (χ2v) is 6.05. The van der Waals surface area contributed by atoms with Crippen LogP contribution in [0.25, 0.3) is 0 Å². The van der Waals surface area contributed by atoms with E-state index in [-0.39, 0.29) is 0 Å². The summed E-state index contributed by atoms with van der Waals surface area (Å²) in [6.45, 7) is 2.60. The number of allylic oxidation sites excluding steroid dienone is 2. The molecule has 0 unspecified atom stereocenters. The molecule has 0 aliphatic rings. The molecule has 3 heteroatoms. The van der Waals surface area contributed by atoms with Crippen LogP contribution in [0.2, 0.25) is 0 Å². The molecule has 0 fully saturated rings. The molecule has 0 aromatic rings. The van der Waals surface area contributed by atoms with Crippen molar-refractivity contribution >= 4 is 6.16 Å². The van der Waals surface area contributed by atoms with Crippen LogP contribution in [-0.2, 0) is 4.74 Å². The summed E-state index contributed by atoms with van der Waals surface area (Å²) in [4.78, 5) is 10.1. The molecule has 0 saturated heterocycles. The van der Waals surface area contributed by atoms with Crippen LogP contribution in [0, 0.1) is 0 Å². The first-order chi connectivity index (χ1) is 10.8. The smallest absolute Gasteiger partial charge is 0.450 e. The quantitative estimate of drug-likeness (QED) is 0.195. The van der Waals surface area contributed by atoms with Gasteiger partial charge in [0.2, 0.25) is 0 Å². The highest BCUT2D eigenvalue weighted by Crippen LogP contribution is 2.09. The van der Waals surface area contributed by atoms with E-state index in [0.717, 1.165) is 12.8 Å². The van der Waals surface area contributed by atoms with Gasteiger partial charge in [0.05, 0.1) is 6.61 Å². The van der Waals surface area contributed by atoms with Gasteiger partial charge in [0, 0.05) is 0 Å². The Kier molecular flexibility index (Phi) is 17.2. The van der Waals surface area contributed by atoms with E-state index in [9.17, 15) is 4.79 Å². The molecule has 0 spiro atoms. The third-order valence-corrected chi connectivity index (χ3v) is 3.88. The zero-order valence-corrected chi connectivity index (χ0v) is 14.5. The molecule has 0 rings (SSSR count). The van der Waals surface area contributed by atoms with E-state index < -0.39 is 6.16 Å². The maximum atomic E-state index is 10.1. The standard InChI is InChI=1S/C19H36O3/c1-2-3-4-5-6-7-8-9-10-11-12-13-14-15-16-17-18-22-19(20)21/h9-10H,2-8,11-18H2,1H3,(H,20,21)/b10-9+. The number of carbonyl (C=O) groups is 1. The Hall–Kier alpha value is -0.990. The zero-order chi connectivity index (χ0) is 16.3. The summed E-state index contributed by atoms with van der Waals surface area (Å²) in [5, 5.41) is 8.31. The minimum Gasteiger partial charge on any atom is -0.450 e. The van der Waals surface area contributed by atoms with Crippen molar-refractivity contribution in [2.24, 2.45) is 0 Å². The van der Waals surface area contributed by atoms with E-state index in [1.165, 1.54) is 77.0 Å². The normalized spacial score (nSPS) is 11.1. The molecular weight excluding hydrogens is 276 g/mol. The molecular formula is C19H36O3. The average Bonchev–Trinajstić information content (AvgIpc) is 2.50. The lowest BCUT2D eigenvalue weighted by molar-refractivity contribution is 0.0899. The van der Waals surface area contributed by atoms with Gasteiger partial charge in [-0.3, -0.25) is 0 Å². The summed E-state index contributed by atoms with van der Waals surface area (Å²) in [5.41, 5.74) is 0. The Morgan fingerprint density at radius 3 is 1.73 bits per heavy atom. The first-order valence-corrected chi connectivity index (χ1v) is 9.28. The lowest BCUT2D eigenvalue weighted by atomic mass is 10.1. The molecule has 0 atom stereocenters. The molecule has 130 valence electrons. The van der Waals surface area contributed by atoms with Gasteiger partial charge in [0.25, 0.3) is 0 Å². The van der Waals surface area contributed by atoms with E-state index in [0.29, 0.717) is 6.61 Å². The third kappa shape index (κ3) is 19.0. The summed E-state index contributed by atoms with van der Waals surface area (Å²) >= 11 is 0. The van der Waals surface area contributed by atoms with Crippen LogP contribution in [0.1, 0.15) is 96.8 Å². The molecule has 0 aromatic heterocycles. The van der Waals surface area contributed by atoms with Crippen LogP contribution in [0.15, 0.2) is 12.2 Å². The molecule has 0 aromatic carbocycles. The van der Waals surface area contributed by atoms with Crippen LogP contribution >= 0.6 is 0 Å². The number of hydrogen-bond acceptors (Lipinski definition) is 2. The van der Waals surface area contributed by atoms with E-state index in [1.807, 2.05) is 0 Å². The van der Waals surface area contributed by atoms with E-state index in [2.05, 4.69) is 23.8 Å². The lowest BCUT2D eigenvalue weighted by Crippen LogP contribution is -2.01. The van der Waals surface area contributed by atoms with Crippen LogP contribution in [0.4, 0.5) is 4.79 Å². The van der Waals surface area contributed by atoms with Crippen molar-refractivity contribution in [2.45, 2.75) is 96.8 Å². The van der Waals surface area contributed by atoms with Crippen molar-refractivity contribution in [1.29, 1.82) is 0 Å². The van der Waals surface area contributed by atoms with Gasteiger partial charge < -0.3 is 9.84 Å². The average molecular weight is 312 g/mol. The topological polar surface area (TPSA) is 46.5 Å². The zero-order valence-electron chi connectivity index (χ0n) is 14.5.